The number of hydrogen-bond acceptors (Lipinski definition) is 8. The van der Waals surface area contributed by atoms with Crippen LogP contribution in [0.3, 0.4) is 0 Å². The first-order valence-electron chi connectivity index (χ1n) is 8.32. The second-order valence-corrected chi connectivity index (χ2v) is 10.2. The molecule has 3 aromatic rings. The van der Waals surface area contributed by atoms with Gasteiger partial charge in [-0.15, -0.1) is 0 Å². The summed E-state index contributed by atoms with van der Waals surface area (Å²) in [6.45, 7) is 0. The van der Waals surface area contributed by atoms with E-state index in [9.17, 15) is 16.8 Å². The third-order valence-electron chi connectivity index (χ3n) is 3.88. The van der Waals surface area contributed by atoms with Gasteiger partial charge in [0.25, 0.3) is 0 Å². The average Bonchev–Trinajstić information content (AvgIpc) is 2.70. The number of anilines is 4. The monoisotopic (exact) mass is 512 g/mol. The molecule has 5 N–H and O–H groups in total. The number of primary sulfonamides is 1. The molecule has 10 nitrogen and oxygen atoms in total. The van der Waals surface area contributed by atoms with Crippen molar-refractivity contribution in [1.29, 1.82) is 0 Å². The molecule has 1 heterocycles. The van der Waals surface area contributed by atoms with Crippen LogP contribution in [0.4, 0.5) is 23.1 Å². The average molecular weight is 513 g/mol. The highest BCUT2D eigenvalue weighted by atomic mass is 79.9. The summed E-state index contributed by atoms with van der Waals surface area (Å²) in [4.78, 5) is 8.54. The number of sulfonamides is 2. The van der Waals surface area contributed by atoms with Gasteiger partial charge in [-0.2, -0.15) is 4.98 Å². The maximum absolute atomic E-state index is 12.2. The van der Waals surface area contributed by atoms with Gasteiger partial charge < -0.3 is 10.6 Å². The predicted molar refractivity (Wildman–Crippen MR) is 117 cm³/mol. The van der Waals surface area contributed by atoms with E-state index in [4.69, 9.17) is 5.14 Å². The summed E-state index contributed by atoms with van der Waals surface area (Å²) in [7, 11) is -6.14. The van der Waals surface area contributed by atoms with E-state index in [-0.39, 0.29) is 15.7 Å². The minimum atomic E-state index is -3.79. The highest BCUT2D eigenvalue weighted by Crippen LogP contribution is 2.29. The van der Waals surface area contributed by atoms with Crippen LogP contribution in [0.1, 0.15) is 0 Å². The van der Waals surface area contributed by atoms with Crippen LogP contribution in [0.2, 0.25) is 0 Å². The SMILES string of the molecule is CNS(=O)(=O)c1ccccc1Nc1nc(Nc2ccc(S(N)(=O)=O)cc2)ncc1Br. The van der Waals surface area contributed by atoms with Crippen molar-refractivity contribution in [3.63, 3.8) is 0 Å². The van der Waals surface area contributed by atoms with Crippen molar-refractivity contribution in [1.82, 2.24) is 14.7 Å². The predicted octanol–water partition coefficient (Wildman–Crippen LogP) is 2.28. The van der Waals surface area contributed by atoms with E-state index in [1.807, 2.05) is 0 Å². The van der Waals surface area contributed by atoms with Gasteiger partial charge in [0.15, 0.2) is 0 Å². The highest BCUT2D eigenvalue weighted by Gasteiger charge is 2.17. The van der Waals surface area contributed by atoms with Crippen molar-refractivity contribution in [2.45, 2.75) is 9.79 Å². The molecule has 1 aromatic heterocycles. The van der Waals surface area contributed by atoms with E-state index in [1.54, 1.807) is 18.2 Å². The molecule has 0 bridgehead atoms. The second-order valence-electron chi connectivity index (χ2n) is 5.91. The lowest BCUT2D eigenvalue weighted by molar-refractivity contribution is 0.588. The first kappa shape index (κ1) is 22.1. The van der Waals surface area contributed by atoms with Crippen LogP contribution in [0, 0.1) is 0 Å². The van der Waals surface area contributed by atoms with Crippen molar-refractivity contribution >= 4 is 59.1 Å². The largest absolute Gasteiger partial charge is 0.338 e. The molecule has 13 heteroatoms. The van der Waals surface area contributed by atoms with Crippen molar-refractivity contribution in [2.24, 2.45) is 5.14 Å². The van der Waals surface area contributed by atoms with Gasteiger partial charge in [0.2, 0.25) is 26.0 Å². The molecule has 30 heavy (non-hydrogen) atoms. The molecule has 2 aromatic carbocycles. The first-order valence-corrected chi connectivity index (χ1v) is 12.1. The molecule has 0 aliphatic rings. The summed E-state index contributed by atoms with van der Waals surface area (Å²) in [5.74, 6) is 0.533. The summed E-state index contributed by atoms with van der Waals surface area (Å²) < 4.78 is 50.0. The first-order chi connectivity index (χ1) is 14.1. The molecule has 158 valence electrons. The van der Waals surface area contributed by atoms with Crippen molar-refractivity contribution < 1.29 is 16.8 Å². The Balaban J connectivity index is 1.89. The molecule has 0 unspecified atom stereocenters. The van der Waals surface area contributed by atoms with Gasteiger partial charge in [0, 0.05) is 11.9 Å². The third kappa shape index (κ3) is 5.12. The summed E-state index contributed by atoms with van der Waals surface area (Å²) in [6.07, 6.45) is 1.49. The molecule has 0 saturated carbocycles. The standard InChI is InChI=1S/C17H17BrN6O4S2/c1-20-30(27,28)15-5-3-2-4-14(15)23-16-13(18)10-21-17(24-16)22-11-6-8-12(9-7-11)29(19,25)26/h2-10,20H,1H3,(H2,19,25,26)(H2,21,22,23,24). The summed E-state index contributed by atoms with van der Waals surface area (Å²) in [6, 6.07) is 12.1. The number of nitrogens with one attached hydrogen (secondary N) is 3. The highest BCUT2D eigenvalue weighted by molar-refractivity contribution is 9.10. The second kappa shape index (κ2) is 8.65. The molecule has 3 rings (SSSR count). The topological polar surface area (TPSA) is 156 Å². The number of halogens is 1. The van der Waals surface area contributed by atoms with E-state index in [0.717, 1.165) is 0 Å². The van der Waals surface area contributed by atoms with Crippen LogP contribution in [0.15, 0.2) is 69.0 Å². The van der Waals surface area contributed by atoms with Crippen LogP contribution in [0.5, 0.6) is 0 Å². The Bertz CT molecular complexity index is 1280. The van der Waals surface area contributed by atoms with E-state index in [1.165, 1.54) is 43.6 Å². The van der Waals surface area contributed by atoms with Gasteiger partial charge in [-0.1, -0.05) is 12.1 Å². The summed E-state index contributed by atoms with van der Waals surface area (Å²) >= 11 is 3.34. The number of aromatic nitrogens is 2. The quantitative estimate of drug-likeness (QED) is 0.375. The fourth-order valence-corrected chi connectivity index (χ4v) is 4.11. The number of rotatable bonds is 7. The zero-order chi connectivity index (χ0) is 21.9. The Kier molecular flexibility index (Phi) is 6.38. The van der Waals surface area contributed by atoms with Gasteiger partial charge in [-0.3, -0.25) is 0 Å². The Morgan fingerprint density at radius 2 is 1.63 bits per heavy atom. The van der Waals surface area contributed by atoms with E-state index < -0.39 is 20.0 Å². The molecule has 0 aliphatic heterocycles. The van der Waals surface area contributed by atoms with Crippen LogP contribution in [0.25, 0.3) is 0 Å². The van der Waals surface area contributed by atoms with Gasteiger partial charge in [-0.05, 0) is 59.4 Å². The normalized spacial score (nSPS) is 11.8. The third-order valence-corrected chi connectivity index (χ3v) is 6.86. The summed E-state index contributed by atoms with van der Waals surface area (Å²) in [5, 5.41) is 11.0. The van der Waals surface area contributed by atoms with Crippen LogP contribution in [-0.4, -0.2) is 33.9 Å². The number of benzene rings is 2. The smallest absolute Gasteiger partial charge is 0.242 e. The molecular weight excluding hydrogens is 496 g/mol. The van der Waals surface area contributed by atoms with E-state index in [0.29, 0.717) is 21.7 Å². The Labute approximate surface area is 182 Å². The maximum atomic E-state index is 12.2. The van der Waals surface area contributed by atoms with Crippen LogP contribution >= 0.6 is 15.9 Å². The van der Waals surface area contributed by atoms with E-state index >= 15 is 0 Å². The Morgan fingerprint density at radius 3 is 2.27 bits per heavy atom. The fraction of sp³-hybridized carbons (Fsp3) is 0.0588. The number of para-hydroxylation sites is 1. The molecular formula is C17H17BrN6O4S2. The zero-order valence-corrected chi connectivity index (χ0v) is 18.7. The number of nitrogens with two attached hydrogens (primary N) is 1. The molecule has 0 saturated heterocycles. The van der Waals surface area contributed by atoms with Gasteiger partial charge in [-0.25, -0.2) is 31.7 Å². The molecule has 0 spiro atoms. The fourth-order valence-electron chi connectivity index (χ4n) is 2.41. The summed E-state index contributed by atoms with van der Waals surface area (Å²) in [5.41, 5.74) is 0.864. The van der Waals surface area contributed by atoms with Gasteiger partial charge >= 0.3 is 0 Å². The number of nitrogens with zero attached hydrogens (tertiary/aromatic N) is 2. The van der Waals surface area contributed by atoms with E-state index in [2.05, 4.69) is 41.3 Å². The Morgan fingerprint density at radius 1 is 0.967 bits per heavy atom. The zero-order valence-electron chi connectivity index (χ0n) is 15.5. The van der Waals surface area contributed by atoms with Gasteiger partial charge in [0.1, 0.15) is 10.7 Å². The van der Waals surface area contributed by atoms with Crippen LogP contribution in [-0.2, 0) is 20.0 Å². The lowest BCUT2D eigenvalue weighted by Gasteiger charge is -2.13. The molecule has 0 fully saturated rings. The van der Waals surface area contributed by atoms with Crippen molar-refractivity contribution in [3.05, 3.63) is 59.2 Å². The lowest BCUT2D eigenvalue weighted by Crippen LogP contribution is -2.19. The van der Waals surface area contributed by atoms with Gasteiger partial charge in [0.05, 0.1) is 15.1 Å². The molecule has 0 amide bonds. The molecule has 0 atom stereocenters. The molecule has 0 aliphatic carbocycles. The molecule has 0 radical (unpaired) electrons. The minimum absolute atomic E-state index is 0.0190. The van der Waals surface area contributed by atoms with Crippen molar-refractivity contribution in [3.8, 4) is 0 Å². The minimum Gasteiger partial charge on any atom is -0.338 e. The number of hydrogen-bond donors (Lipinski definition) is 4. The van der Waals surface area contributed by atoms with Crippen LogP contribution < -0.4 is 20.5 Å². The maximum Gasteiger partial charge on any atom is 0.242 e. The van der Waals surface area contributed by atoms with Crippen molar-refractivity contribution in [2.75, 3.05) is 17.7 Å². The Hall–Kier alpha value is -2.58. The lowest BCUT2D eigenvalue weighted by atomic mass is 10.3.